The van der Waals surface area contributed by atoms with Gasteiger partial charge in [-0.3, -0.25) is 13.2 Å². The summed E-state index contributed by atoms with van der Waals surface area (Å²) in [7, 11) is -3.21. The van der Waals surface area contributed by atoms with E-state index in [-0.39, 0.29) is 134 Å². The van der Waals surface area contributed by atoms with Gasteiger partial charge >= 0.3 is 103 Å². The zero-order valence-corrected chi connectivity index (χ0v) is 24.6. The molecule has 1 N–H and O–H groups in total. The molecule has 13 heteroatoms. The average Bonchev–Trinajstić information content (AvgIpc) is 2.53. The van der Waals surface area contributed by atoms with E-state index in [4.69, 9.17) is 0 Å². The van der Waals surface area contributed by atoms with Gasteiger partial charge in [0.2, 0.25) is 5.91 Å². The van der Waals surface area contributed by atoms with Gasteiger partial charge in [-0.25, -0.2) is 8.42 Å². The second-order valence-corrected chi connectivity index (χ2v) is 11.7. The van der Waals surface area contributed by atoms with E-state index in [0.717, 1.165) is 0 Å². The Morgan fingerprint density at radius 1 is 0.963 bits per heavy atom. The van der Waals surface area contributed by atoms with Crippen molar-refractivity contribution in [2.45, 2.75) is 66.7 Å². The zero-order valence-electron chi connectivity index (χ0n) is 15.9. The fourth-order valence-corrected chi connectivity index (χ4v) is 6.60. The van der Waals surface area contributed by atoms with Crippen LogP contribution < -0.4 is 108 Å². The van der Waals surface area contributed by atoms with Crippen LogP contribution in [-0.4, -0.2) is 59.9 Å². The maximum Gasteiger partial charge on any atom is 1.00 e. The summed E-state index contributed by atoms with van der Waals surface area (Å²) in [5.41, 5.74) is 0. The third kappa shape index (κ3) is 9.52. The minimum absolute atomic E-state index is 0. The van der Waals surface area contributed by atoms with E-state index in [9.17, 15) is 30.7 Å². The molecule has 2 aliphatic rings. The Hall–Kier alpha value is 2.91. The van der Waals surface area contributed by atoms with E-state index in [0.29, 0.717) is 19.3 Å². The zero-order chi connectivity index (χ0) is 18.8. The first kappa shape index (κ1) is 29.9. The molecular weight excluding hydrogens is 469 g/mol. The SMILES string of the molecule is CS(=O)(=O)C1CCCC(C(=O)NC2CC(S(=O)[O-])CC(S(=O)[O-])C2)C1.[K+].[K+]. The van der Waals surface area contributed by atoms with E-state index in [1.807, 2.05) is 0 Å². The van der Waals surface area contributed by atoms with Crippen LogP contribution in [0.3, 0.4) is 0 Å². The Morgan fingerprint density at radius 3 is 1.93 bits per heavy atom. The van der Waals surface area contributed by atoms with Gasteiger partial charge in [0.1, 0.15) is 9.84 Å². The first-order chi connectivity index (χ1) is 11.6. The van der Waals surface area contributed by atoms with Gasteiger partial charge in [-0.2, -0.15) is 0 Å². The molecule has 6 atom stereocenters. The molecule has 0 aromatic carbocycles. The van der Waals surface area contributed by atoms with Crippen molar-refractivity contribution in [3.05, 3.63) is 0 Å². The molecule has 8 nitrogen and oxygen atoms in total. The predicted molar refractivity (Wildman–Crippen MR) is 91.8 cm³/mol. The van der Waals surface area contributed by atoms with E-state index >= 15 is 0 Å². The van der Waals surface area contributed by atoms with Crippen LogP contribution in [0.1, 0.15) is 44.9 Å². The summed E-state index contributed by atoms with van der Waals surface area (Å²) in [6, 6.07) is -0.536. The summed E-state index contributed by atoms with van der Waals surface area (Å²) in [5, 5.41) is 0.598. The third-order valence-electron chi connectivity index (χ3n) is 5.11. The summed E-state index contributed by atoms with van der Waals surface area (Å²) < 4.78 is 68.3. The van der Waals surface area contributed by atoms with Gasteiger partial charge in [0.15, 0.2) is 0 Å². The first-order valence-electron chi connectivity index (χ1n) is 8.23. The van der Waals surface area contributed by atoms with E-state index in [1.165, 1.54) is 6.26 Å². The van der Waals surface area contributed by atoms with Gasteiger partial charge in [-0.1, -0.05) is 28.6 Å². The summed E-state index contributed by atoms with van der Waals surface area (Å²) in [6.07, 6.45) is 3.58. The van der Waals surface area contributed by atoms with E-state index < -0.39 is 59.7 Å². The topological polar surface area (TPSA) is 144 Å². The standard InChI is InChI=1S/C14H25NO7S3.2K/c1-25(21,22)13-4-2-3-9(5-13)14(16)15-10-6-11(23(17)18)8-12(7-10)24(19)20;;/h9-13H,2-8H2,1H3,(H,15,16)(H,17,18)(H,19,20);;/q;2*+1/p-2. The first-order valence-corrected chi connectivity index (χ1v) is 12.5. The molecule has 0 aliphatic heterocycles. The monoisotopic (exact) mass is 491 g/mol. The molecule has 2 aliphatic carbocycles. The van der Waals surface area contributed by atoms with Gasteiger partial charge in [0.25, 0.3) is 0 Å². The molecule has 1 amide bonds. The van der Waals surface area contributed by atoms with Crippen molar-refractivity contribution in [3.8, 4) is 0 Å². The second kappa shape index (κ2) is 13.5. The summed E-state index contributed by atoms with van der Waals surface area (Å²) >= 11 is -4.80. The van der Waals surface area contributed by atoms with E-state index in [2.05, 4.69) is 5.32 Å². The largest absolute Gasteiger partial charge is 1.00 e. The van der Waals surface area contributed by atoms with Crippen molar-refractivity contribution >= 4 is 37.9 Å². The number of sulfone groups is 1. The average molecular weight is 492 g/mol. The second-order valence-electron chi connectivity index (χ2n) is 6.99. The quantitative estimate of drug-likeness (QED) is 0.298. The Bertz CT molecular complexity index is 639. The Labute approximate surface area is 250 Å². The molecule has 0 saturated heterocycles. The maximum atomic E-state index is 12.5. The van der Waals surface area contributed by atoms with E-state index in [1.54, 1.807) is 0 Å². The van der Waals surface area contributed by atoms with Crippen LogP contribution in [0.15, 0.2) is 0 Å². The number of hydrogen-bond acceptors (Lipinski definition) is 7. The number of amides is 1. The van der Waals surface area contributed by atoms with Crippen LogP contribution in [0.25, 0.3) is 0 Å². The van der Waals surface area contributed by atoms with Crippen LogP contribution >= 0.6 is 0 Å². The van der Waals surface area contributed by atoms with Crippen LogP contribution in [-0.2, 0) is 36.8 Å². The number of carbonyl (C=O) groups excluding carboxylic acids is 1. The molecule has 2 fully saturated rings. The Balaban J connectivity index is 0.00000338. The third-order valence-corrected chi connectivity index (χ3v) is 8.61. The number of rotatable bonds is 5. The van der Waals surface area contributed by atoms with Crippen molar-refractivity contribution in [3.63, 3.8) is 0 Å². The van der Waals surface area contributed by atoms with Crippen LogP contribution in [0.4, 0.5) is 0 Å². The maximum absolute atomic E-state index is 12.5. The minimum Gasteiger partial charge on any atom is -0.772 e. The van der Waals surface area contributed by atoms with Crippen molar-refractivity contribution in [2.24, 2.45) is 5.92 Å². The van der Waals surface area contributed by atoms with Gasteiger partial charge in [0, 0.05) is 28.7 Å². The molecule has 2 rings (SSSR count). The summed E-state index contributed by atoms with van der Waals surface area (Å²) in [5.74, 6) is -0.756. The Kier molecular flexibility index (Phi) is 14.9. The summed E-state index contributed by atoms with van der Waals surface area (Å²) in [4.78, 5) is 12.5. The fraction of sp³-hybridized carbons (Fsp3) is 0.929. The van der Waals surface area contributed by atoms with Gasteiger partial charge in [0.05, 0.1) is 5.25 Å². The molecule has 146 valence electrons. The molecular formula is C14H23K2NO7S3. The number of carbonyl (C=O) groups is 1. The van der Waals surface area contributed by atoms with Gasteiger partial charge < -0.3 is 14.4 Å². The smallest absolute Gasteiger partial charge is 0.772 e. The molecule has 0 aromatic heterocycles. The molecule has 6 unspecified atom stereocenters. The van der Waals surface area contributed by atoms with Crippen molar-refractivity contribution in [1.29, 1.82) is 0 Å². The molecule has 0 aromatic rings. The molecule has 0 spiro atoms. The number of hydrogen-bond donors (Lipinski definition) is 1. The van der Waals surface area contributed by atoms with Crippen LogP contribution in [0.5, 0.6) is 0 Å². The molecule has 27 heavy (non-hydrogen) atoms. The van der Waals surface area contributed by atoms with Crippen molar-refractivity contribution < 1.29 is 134 Å². The summed E-state index contributed by atoms with van der Waals surface area (Å²) in [6.45, 7) is 0. The van der Waals surface area contributed by atoms with Gasteiger partial charge in [-0.05, 0) is 38.5 Å². The van der Waals surface area contributed by atoms with Gasteiger partial charge in [-0.15, -0.1) is 0 Å². The van der Waals surface area contributed by atoms with Crippen molar-refractivity contribution in [1.82, 2.24) is 5.32 Å². The molecule has 0 bridgehead atoms. The fourth-order valence-electron chi connectivity index (χ4n) is 3.74. The Morgan fingerprint density at radius 2 is 1.48 bits per heavy atom. The molecule has 0 radical (unpaired) electrons. The number of nitrogens with one attached hydrogen (secondary N) is 1. The molecule has 0 heterocycles. The molecule has 2 saturated carbocycles. The van der Waals surface area contributed by atoms with Crippen LogP contribution in [0.2, 0.25) is 0 Å². The predicted octanol–water partition coefficient (Wildman–Crippen LogP) is -6.24. The van der Waals surface area contributed by atoms with Crippen molar-refractivity contribution in [2.75, 3.05) is 6.26 Å². The minimum atomic E-state index is -3.21. The normalized spacial score (nSPS) is 33.7. The van der Waals surface area contributed by atoms with Crippen LogP contribution in [0, 0.1) is 5.92 Å².